The van der Waals surface area contributed by atoms with Crippen LogP contribution in [-0.2, 0) is 6.18 Å². The quantitative estimate of drug-likeness (QED) is 0.719. The summed E-state index contributed by atoms with van der Waals surface area (Å²) in [5.41, 5.74) is -0.393. The van der Waals surface area contributed by atoms with E-state index in [0.29, 0.717) is 12.0 Å². The van der Waals surface area contributed by atoms with E-state index in [1.807, 2.05) is 13.8 Å². The number of hydrogen-bond acceptors (Lipinski definition) is 1. The molecule has 0 aliphatic carbocycles. The summed E-state index contributed by atoms with van der Waals surface area (Å²) in [6.45, 7) is 3.78. The van der Waals surface area contributed by atoms with E-state index in [0.717, 1.165) is 12.1 Å². The molecule has 0 aromatic heterocycles. The molecule has 0 atom stereocenters. The third-order valence-electron chi connectivity index (χ3n) is 2.13. The van der Waals surface area contributed by atoms with Crippen molar-refractivity contribution in [2.24, 2.45) is 5.92 Å². The van der Waals surface area contributed by atoms with Crippen molar-refractivity contribution in [2.75, 3.05) is 0 Å². The van der Waals surface area contributed by atoms with Crippen molar-refractivity contribution in [3.63, 3.8) is 0 Å². The van der Waals surface area contributed by atoms with E-state index in [9.17, 15) is 18.0 Å². The van der Waals surface area contributed by atoms with Gasteiger partial charge >= 0.3 is 6.18 Å². The highest BCUT2D eigenvalue weighted by atomic mass is 19.4. The molecule has 1 aromatic rings. The predicted octanol–water partition coefficient (Wildman–Crippen LogP) is 3.93. The van der Waals surface area contributed by atoms with Crippen LogP contribution in [0.1, 0.15) is 36.2 Å². The minimum Gasteiger partial charge on any atom is -0.294 e. The van der Waals surface area contributed by atoms with Crippen LogP contribution >= 0.6 is 0 Å². The summed E-state index contributed by atoms with van der Waals surface area (Å²) in [6, 6.07) is 4.34. The number of hydrogen-bond donors (Lipinski definition) is 0. The molecule has 0 spiro atoms. The van der Waals surface area contributed by atoms with Crippen LogP contribution in [0.15, 0.2) is 24.3 Å². The molecule has 0 unspecified atom stereocenters. The molecular weight excluding hydrogens is 217 g/mol. The van der Waals surface area contributed by atoms with Gasteiger partial charge in [0.15, 0.2) is 5.78 Å². The Morgan fingerprint density at radius 3 is 2.06 bits per heavy atom. The van der Waals surface area contributed by atoms with Gasteiger partial charge < -0.3 is 0 Å². The molecule has 0 bridgehead atoms. The number of carbonyl (C=O) groups is 1. The second-order valence-corrected chi connectivity index (χ2v) is 4.10. The van der Waals surface area contributed by atoms with Gasteiger partial charge in [0, 0.05) is 12.0 Å². The Morgan fingerprint density at radius 1 is 1.19 bits per heavy atom. The minimum absolute atomic E-state index is 0.122. The van der Waals surface area contributed by atoms with Crippen molar-refractivity contribution in [3.8, 4) is 0 Å². The van der Waals surface area contributed by atoms with Gasteiger partial charge in [0.25, 0.3) is 0 Å². The molecule has 1 nitrogen and oxygen atoms in total. The van der Waals surface area contributed by atoms with Crippen LogP contribution in [0.5, 0.6) is 0 Å². The maximum Gasteiger partial charge on any atom is 0.416 e. The summed E-state index contributed by atoms with van der Waals surface area (Å²) in [7, 11) is 0. The van der Waals surface area contributed by atoms with Gasteiger partial charge in [-0.3, -0.25) is 4.79 Å². The first-order chi connectivity index (χ1) is 7.30. The maximum atomic E-state index is 12.2. The van der Waals surface area contributed by atoms with Crippen LogP contribution in [0.2, 0.25) is 0 Å². The Balaban J connectivity index is 2.83. The van der Waals surface area contributed by atoms with Gasteiger partial charge in [-0.2, -0.15) is 13.2 Å². The average Bonchev–Trinajstić information content (AvgIpc) is 2.15. The molecule has 0 radical (unpaired) electrons. The normalized spacial score (nSPS) is 11.9. The fourth-order valence-corrected chi connectivity index (χ4v) is 1.33. The van der Waals surface area contributed by atoms with Gasteiger partial charge in [-0.25, -0.2) is 0 Å². The first kappa shape index (κ1) is 12.7. The predicted molar refractivity (Wildman–Crippen MR) is 55.2 cm³/mol. The third kappa shape index (κ3) is 3.36. The number of alkyl halides is 3. The molecule has 0 aliphatic heterocycles. The number of Topliss-reactive ketones (excluding diaryl/α,β-unsaturated/α-hetero) is 1. The van der Waals surface area contributed by atoms with E-state index in [1.165, 1.54) is 12.1 Å². The zero-order valence-corrected chi connectivity index (χ0v) is 9.14. The van der Waals surface area contributed by atoms with E-state index < -0.39 is 11.7 Å². The van der Waals surface area contributed by atoms with Gasteiger partial charge in [0.1, 0.15) is 0 Å². The fourth-order valence-electron chi connectivity index (χ4n) is 1.33. The van der Waals surface area contributed by atoms with Crippen LogP contribution in [0, 0.1) is 5.92 Å². The van der Waals surface area contributed by atoms with Crippen molar-refractivity contribution < 1.29 is 18.0 Å². The third-order valence-corrected chi connectivity index (χ3v) is 2.13. The van der Waals surface area contributed by atoms with Crippen LogP contribution in [0.25, 0.3) is 0 Å². The van der Waals surface area contributed by atoms with E-state index >= 15 is 0 Å². The molecule has 0 amide bonds. The Morgan fingerprint density at radius 2 is 1.69 bits per heavy atom. The zero-order chi connectivity index (χ0) is 12.3. The van der Waals surface area contributed by atoms with Crippen LogP contribution < -0.4 is 0 Å². The molecule has 1 aromatic carbocycles. The molecule has 0 fully saturated rings. The second-order valence-electron chi connectivity index (χ2n) is 4.10. The Bertz CT molecular complexity index is 363. The van der Waals surface area contributed by atoms with E-state index in [4.69, 9.17) is 0 Å². The minimum atomic E-state index is -4.35. The average molecular weight is 230 g/mol. The van der Waals surface area contributed by atoms with Crippen molar-refractivity contribution in [3.05, 3.63) is 35.4 Å². The largest absolute Gasteiger partial charge is 0.416 e. The lowest BCUT2D eigenvalue weighted by atomic mass is 10.0. The molecule has 0 N–H and O–H groups in total. The number of carbonyl (C=O) groups excluding carboxylic acids is 1. The Hall–Kier alpha value is -1.32. The van der Waals surface area contributed by atoms with Crippen LogP contribution in [0.4, 0.5) is 13.2 Å². The standard InChI is InChI=1S/C12H13F3O/c1-8(2)7-11(16)9-3-5-10(6-4-9)12(13,14)15/h3-6,8H,7H2,1-2H3. The van der Waals surface area contributed by atoms with Crippen molar-refractivity contribution in [1.29, 1.82) is 0 Å². The monoisotopic (exact) mass is 230 g/mol. The maximum absolute atomic E-state index is 12.2. The number of ketones is 1. The van der Waals surface area contributed by atoms with E-state index in [2.05, 4.69) is 0 Å². The summed E-state index contributed by atoms with van der Waals surface area (Å²) >= 11 is 0. The topological polar surface area (TPSA) is 17.1 Å². The highest BCUT2D eigenvalue weighted by Gasteiger charge is 2.30. The van der Waals surface area contributed by atoms with Gasteiger partial charge in [0.2, 0.25) is 0 Å². The van der Waals surface area contributed by atoms with Crippen molar-refractivity contribution >= 4 is 5.78 Å². The summed E-state index contributed by atoms with van der Waals surface area (Å²) in [6.07, 6.45) is -4.00. The fraction of sp³-hybridized carbons (Fsp3) is 0.417. The van der Waals surface area contributed by atoms with Gasteiger partial charge in [0.05, 0.1) is 5.56 Å². The Kier molecular flexibility index (Phi) is 3.73. The second kappa shape index (κ2) is 4.68. The zero-order valence-electron chi connectivity index (χ0n) is 9.14. The van der Waals surface area contributed by atoms with Gasteiger partial charge in [-0.05, 0) is 18.1 Å². The molecule has 0 saturated heterocycles. The molecule has 88 valence electrons. The molecule has 16 heavy (non-hydrogen) atoms. The lowest BCUT2D eigenvalue weighted by Gasteiger charge is -2.08. The molecular formula is C12H13F3O. The lowest BCUT2D eigenvalue weighted by Crippen LogP contribution is -2.07. The molecule has 0 aliphatic rings. The number of halogens is 3. The van der Waals surface area contributed by atoms with E-state index in [-0.39, 0.29) is 11.7 Å². The molecule has 4 heteroatoms. The number of benzene rings is 1. The number of rotatable bonds is 3. The van der Waals surface area contributed by atoms with Crippen molar-refractivity contribution in [1.82, 2.24) is 0 Å². The van der Waals surface area contributed by atoms with Crippen LogP contribution in [0.3, 0.4) is 0 Å². The summed E-state index contributed by atoms with van der Waals surface area (Å²) in [4.78, 5) is 11.5. The summed E-state index contributed by atoms with van der Waals surface area (Å²) in [5.74, 6) is 0.0820. The smallest absolute Gasteiger partial charge is 0.294 e. The molecule has 0 heterocycles. The van der Waals surface area contributed by atoms with Gasteiger partial charge in [-0.1, -0.05) is 26.0 Å². The highest BCUT2D eigenvalue weighted by molar-refractivity contribution is 5.96. The molecule has 1 rings (SSSR count). The van der Waals surface area contributed by atoms with Crippen LogP contribution in [-0.4, -0.2) is 5.78 Å². The first-order valence-electron chi connectivity index (χ1n) is 5.01. The summed E-state index contributed by atoms with van der Waals surface area (Å²) < 4.78 is 36.7. The van der Waals surface area contributed by atoms with Gasteiger partial charge in [-0.15, -0.1) is 0 Å². The van der Waals surface area contributed by atoms with Crippen molar-refractivity contribution in [2.45, 2.75) is 26.4 Å². The Labute approximate surface area is 92.3 Å². The highest BCUT2D eigenvalue weighted by Crippen LogP contribution is 2.29. The lowest BCUT2D eigenvalue weighted by molar-refractivity contribution is -0.137. The van der Waals surface area contributed by atoms with E-state index in [1.54, 1.807) is 0 Å². The summed E-state index contributed by atoms with van der Waals surface area (Å²) in [5, 5.41) is 0. The SMILES string of the molecule is CC(C)CC(=O)c1ccc(C(F)(F)F)cc1. The first-order valence-corrected chi connectivity index (χ1v) is 5.01. The molecule has 0 saturated carbocycles.